The number of carboxylic acids is 1. The van der Waals surface area contributed by atoms with E-state index in [0.29, 0.717) is 45.1 Å². The highest BCUT2D eigenvalue weighted by Gasteiger charge is 2.60. The van der Waals surface area contributed by atoms with E-state index in [1.807, 2.05) is 20.8 Å². The summed E-state index contributed by atoms with van der Waals surface area (Å²) in [7, 11) is 1.72. The Morgan fingerprint density at radius 2 is 1.56 bits per heavy atom. The van der Waals surface area contributed by atoms with Crippen molar-refractivity contribution in [2.45, 2.75) is 227 Å². The Kier molecular flexibility index (Phi) is 12.2. The average molecular weight is 833 g/mol. The fraction of sp³-hybridized carbons (Fsp3) is 0.889. The molecule has 9 saturated heterocycles. The molecule has 9 rings (SSSR count). The molecule has 332 valence electrons. The van der Waals surface area contributed by atoms with Crippen LogP contribution in [-0.4, -0.2) is 145 Å². The Morgan fingerprint density at radius 1 is 0.780 bits per heavy atom. The molecule has 9 aliphatic heterocycles. The van der Waals surface area contributed by atoms with E-state index in [4.69, 9.17) is 52.1 Å². The van der Waals surface area contributed by atoms with Crippen molar-refractivity contribution in [2.24, 2.45) is 11.8 Å². The van der Waals surface area contributed by atoms with Crippen LogP contribution in [0.25, 0.3) is 0 Å². The summed E-state index contributed by atoms with van der Waals surface area (Å²) >= 11 is 0. The van der Waals surface area contributed by atoms with Crippen LogP contribution in [0.3, 0.4) is 0 Å². The fourth-order valence-electron chi connectivity index (χ4n) is 11.9. The molecule has 14 heteroatoms. The number of carboxylic acid groups (broad SMARTS) is 1. The van der Waals surface area contributed by atoms with E-state index >= 15 is 0 Å². The molecule has 0 aromatic carbocycles. The van der Waals surface area contributed by atoms with Crippen molar-refractivity contribution in [1.82, 2.24) is 0 Å². The molecule has 0 saturated carbocycles. The number of ether oxygens (including phenoxy) is 11. The number of aliphatic hydroxyl groups is 1. The molecule has 0 aliphatic carbocycles. The molecule has 9 aliphatic rings. The van der Waals surface area contributed by atoms with Crippen molar-refractivity contribution in [3.05, 3.63) is 24.3 Å². The predicted octanol–water partition coefficient (Wildman–Crippen LogP) is 5.15. The molecule has 0 aromatic rings. The van der Waals surface area contributed by atoms with Gasteiger partial charge in [0, 0.05) is 45.1 Å². The molecule has 9 fully saturated rings. The van der Waals surface area contributed by atoms with Crippen LogP contribution in [0.1, 0.15) is 111 Å². The van der Waals surface area contributed by atoms with Crippen LogP contribution >= 0.6 is 0 Å². The second-order valence-corrected chi connectivity index (χ2v) is 19.7. The van der Waals surface area contributed by atoms with Crippen molar-refractivity contribution in [1.29, 1.82) is 0 Å². The summed E-state index contributed by atoms with van der Waals surface area (Å²) in [6.07, 6.45) is 4.71. The molecule has 0 amide bonds. The Hall–Kier alpha value is -1.53. The molecule has 0 spiro atoms. The predicted molar refractivity (Wildman–Crippen MR) is 210 cm³/mol. The van der Waals surface area contributed by atoms with Crippen LogP contribution in [0.2, 0.25) is 0 Å². The molecular formula is C45H68O14. The minimum absolute atomic E-state index is 0.0160. The van der Waals surface area contributed by atoms with Crippen LogP contribution in [0.4, 0.5) is 0 Å². The third kappa shape index (κ3) is 8.74. The number of fused-ring (bicyclic) bond motifs is 9. The maximum absolute atomic E-state index is 11.5. The van der Waals surface area contributed by atoms with Gasteiger partial charge in [-0.25, -0.2) is 0 Å². The number of hydrogen-bond acceptors (Lipinski definition) is 13. The summed E-state index contributed by atoms with van der Waals surface area (Å²) in [6.45, 7) is 17.5. The standard InChI is InChI=1S/C45H68O14/c1-22-14-26(52-31(24(22)3)17-33-40(48)25(4)41-34(55-33)18-32-38(56-41)21-50-44(5,6)57-32)8-10-29-23(2)15-28(51-29)12-13-45-20-37(49-7)43(59-45)35-19-36(58-45)42-30(54-35)11-9-27(53-42)16-39(46)47/h22,25-38,40-43,48H,2-3,8-21H2,1,4-7H3,(H,46,47)/t22-,25-,26+,27-,28+,29+,30+,31-,32-,33+,34+,35-,36?,37-,38-,40-,41+,42+,43?,45-/m1/s1. The molecule has 20 atom stereocenters. The number of rotatable bonds is 11. The maximum Gasteiger partial charge on any atom is 0.305 e. The van der Waals surface area contributed by atoms with Gasteiger partial charge in [-0.05, 0) is 75.9 Å². The molecule has 59 heavy (non-hydrogen) atoms. The second kappa shape index (κ2) is 16.9. The van der Waals surface area contributed by atoms with Crippen LogP contribution in [-0.2, 0) is 56.9 Å². The van der Waals surface area contributed by atoms with Gasteiger partial charge in [-0.15, -0.1) is 0 Å². The number of carbonyl (C=O) groups is 1. The lowest BCUT2D eigenvalue weighted by Gasteiger charge is -2.53. The highest BCUT2D eigenvalue weighted by Crippen LogP contribution is 2.50. The molecule has 0 radical (unpaired) electrons. The fourth-order valence-corrected chi connectivity index (χ4v) is 11.9. The molecule has 2 N–H and O–H groups in total. The van der Waals surface area contributed by atoms with Gasteiger partial charge in [0.05, 0.1) is 98.5 Å². The Balaban J connectivity index is 0.780. The summed E-state index contributed by atoms with van der Waals surface area (Å²) in [4.78, 5) is 11.5. The van der Waals surface area contributed by atoms with E-state index in [0.717, 1.165) is 49.7 Å². The first kappa shape index (κ1) is 42.8. The van der Waals surface area contributed by atoms with Gasteiger partial charge in [0.15, 0.2) is 11.6 Å². The Morgan fingerprint density at radius 3 is 2.36 bits per heavy atom. The highest BCUT2D eigenvalue weighted by molar-refractivity contribution is 5.67. The van der Waals surface area contributed by atoms with Crippen molar-refractivity contribution in [3.63, 3.8) is 0 Å². The first-order valence-corrected chi connectivity index (χ1v) is 22.6. The topological polar surface area (TPSA) is 159 Å². The molecule has 0 aromatic heterocycles. The van der Waals surface area contributed by atoms with Gasteiger partial charge in [0.25, 0.3) is 0 Å². The van der Waals surface area contributed by atoms with E-state index in [1.54, 1.807) is 7.11 Å². The molecule has 4 bridgehead atoms. The monoisotopic (exact) mass is 832 g/mol. The largest absolute Gasteiger partial charge is 0.481 e. The van der Waals surface area contributed by atoms with Crippen LogP contribution in [0.5, 0.6) is 0 Å². The van der Waals surface area contributed by atoms with E-state index in [1.165, 1.54) is 0 Å². The average Bonchev–Trinajstić information content (AvgIpc) is 3.71. The normalized spacial score (nSPS) is 50.4. The summed E-state index contributed by atoms with van der Waals surface area (Å²) in [5.41, 5.74) is 2.15. The smallest absolute Gasteiger partial charge is 0.305 e. The zero-order chi connectivity index (χ0) is 41.4. The van der Waals surface area contributed by atoms with Crippen LogP contribution < -0.4 is 0 Å². The highest BCUT2D eigenvalue weighted by atomic mass is 16.7. The van der Waals surface area contributed by atoms with Gasteiger partial charge in [-0.2, -0.15) is 0 Å². The maximum atomic E-state index is 11.5. The number of hydrogen-bond donors (Lipinski definition) is 2. The minimum atomic E-state index is -0.866. The number of methoxy groups -OCH3 is 1. The molecule has 14 nitrogen and oxygen atoms in total. The van der Waals surface area contributed by atoms with E-state index in [9.17, 15) is 15.0 Å². The number of aliphatic hydroxyl groups excluding tert-OH is 1. The lowest BCUT2D eigenvalue weighted by molar-refractivity contribution is -0.355. The molecule has 2 unspecified atom stereocenters. The summed E-state index contributed by atoms with van der Waals surface area (Å²) < 4.78 is 71.1. The minimum Gasteiger partial charge on any atom is -0.481 e. The summed E-state index contributed by atoms with van der Waals surface area (Å²) in [5, 5.41) is 20.9. The van der Waals surface area contributed by atoms with Gasteiger partial charge in [0.1, 0.15) is 18.3 Å². The lowest BCUT2D eigenvalue weighted by Crippen LogP contribution is -2.63. The molecule has 9 heterocycles. The zero-order valence-corrected chi connectivity index (χ0v) is 35.6. The van der Waals surface area contributed by atoms with Crippen molar-refractivity contribution in [2.75, 3.05) is 13.7 Å². The van der Waals surface area contributed by atoms with Crippen molar-refractivity contribution < 1.29 is 67.1 Å². The SMILES string of the molecule is C=C1C[C@H](CC[C@]23C[C@@H](OC)C(O2)[C@H]2CC(O3)[C@H]3O[C@@H](CC(=O)O)CC[C@@H]3O2)O[C@H]1CC[C@H]1C[C@@H](C)C(=C)[C@@H](C[C@@H]2O[C@H]3C[C@H]4OC(C)(C)OC[C@H]4O[C@H]3[C@H](C)[C@H]2O)O1. The van der Waals surface area contributed by atoms with E-state index in [-0.39, 0.29) is 110 Å². The van der Waals surface area contributed by atoms with Crippen LogP contribution in [0.15, 0.2) is 24.3 Å². The zero-order valence-electron chi connectivity index (χ0n) is 35.6. The van der Waals surface area contributed by atoms with Gasteiger partial charge in [-0.3, -0.25) is 4.79 Å². The van der Waals surface area contributed by atoms with E-state index < -0.39 is 29.8 Å². The second-order valence-electron chi connectivity index (χ2n) is 19.7. The molecular weight excluding hydrogens is 764 g/mol. The Bertz CT molecular complexity index is 1560. The Labute approximate surface area is 348 Å². The van der Waals surface area contributed by atoms with Crippen LogP contribution in [0, 0.1) is 11.8 Å². The first-order valence-electron chi connectivity index (χ1n) is 22.6. The third-order valence-corrected chi connectivity index (χ3v) is 15.1. The third-order valence-electron chi connectivity index (χ3n) is 15.1. The van der Waals surface area contributed by atoms with Gasteiger partial charge >= 0.3 is 5.97 Å². The summed E-state index contributed by atoms with van der Waals surface area (Å²) in [5.74, 6) is -2.23. The van der Waals surface area contributed by atoms with Crippen molar-refractivity contribution >= 4 is 5.97 Å². The van der Waals surface area contributed by atoms with Crippen molar-refractivity contribution in [3.8, 4) is 0 Å². The van der Waals surface area contributed by atoms with Gasteiger partial charge in [-0.1, -0.05) is 27.0 Å². The van der Waals surface area contributed by atoms with Gasteiger partial charge in [0.2, 0.25) is 0 Å². The van der Waals surface area contributed by atoms with E-state index in [2.05, 4.69) is 20.1 Å². The lowest BCUT2D eigenvalue weighted by atomic mass is 9.79. The summed E-state index contributed by atoms with van der Waals surface area (Å²) in [6, 6.07) is 0. The number of aliphatic carboxylic acids is 1. The quantitative estimate of drug-likeness (QED) is 0.263. The first-order chi connectivity index (χ1) is 28.2. The van der Waals surface area contributed by atoms with Gasteiger partial charge < -0.3 is 62.3 Å².